The summed E-state index contributed by atoms with van der Waals surface area (Å²) in [5, 5.41) is 10.6. The van der Waals surface area contributed by atoms with Crippen molar-refractivity contribution >= 4 is 39.5 Å². The van der Waals surface area contributed by atoms with Gasteiger partial charge in [-0.2, -0.15) is 0 Å². The molecule has 0 radical (unpaired) electrons. The molecular weight excluding hydrogens is 1330 g/mol. The van der Waals surface area contributed by atoms with E-state index in [1.165, 1.54) is 270 Å². The van der Waals surface area contributed by atoms with Gasteiger partial charge in [-0.15, -0.1) is 0 Å². The average molecular weight is 1490 g/mol. The predicted octanol–water partition coefficient (Wildman–Crippen LogP) is 25.2. The SMILES string of the molecule is CCCCCCCCCCCCCCCCCCCCC(=O)OC[C@H](COP(=O)(O)OC[C@@H](O)COP(=O)(O)OC[C@@H](COC(=O)CCCCCCCCCCC)OC(=O)CCCCCCCCCCCCCCC)OC(=O)CCCCCCCCCCCCCCCCCCCCC(C)CC. The molecule has 0 aromatic rings. The molecule has 0 aromatic heterocycles. The number of esters is 4. The highest BCUT2D eigenvalue weighted by Crippen LogP contribution is 2.45. The average Bonchev–Trinajstić information content (AvgIpc) is 0.964. The molecule has 0 rings (SSSR count). The zero-order valence-corrected chi connectivity index (χ0v) is 68.5. The minimum atomic E-state index is -4.96. The number of aliphatic hydroxyl groups excluding tert-OH is 1. The van der Waals surface area contributed by atoms with E-state index in [0.717, 1.165) is 95.8 Å². The van der Waals surface area contributed by atoms with Gasteiger partial charge in [-0.3, -0.25) is 37.3 Å². The van der Waals surface area contributed by atoms with Crippen molar-refractivity contribution in [1.29, 1.82) is 0 Å². The van der Waals surface area contributed by atoms with Crippen LogP contribution in [-0.4, -0.2) is 96.7 Å². The van der Waals surface area contributed by atoms with E-state index in [-0.39, 0.29) is 25.7 Å². The van der Waals surface area contributed by atoms with Gasteiger partial charge in [0.05, 0.1) is 26.4 Å². The molecule has 0 heterocycles. The molecular formula is C83H162O17P2. The molecule has 3 unspecified atom stereocenters. The van der Waals surface area contributed by atoms with E-state index < -0.39 is 97.5 Å². The molecule has 6 atom stereocenters. The molecule has 0 aliphatic heterocycles. The maximum Gasteiger partial charge on any atom is 0.472 e. The minimum absolute atomic E-state index is 0.108. The monoisotopic (exact) mass is 1490 g/mol. The number of ether oxygens (including phenoxy) is 4. The van der Waals surface area contributed by atoms with Crippen molar-refractivity contribution < 1.29 is 80.2 Å². The van der Waals surface area contributed by atoms with Gasteiger partial charge in [0.25, 0.3) is 0 Å². The Morgan fingerprint density at radius 1 is 0.275 bits per heavy atom. The topological polar surface area (TPSA) is 237 Å². The summed E-state index contributed by atoms with van der Waals surface area (Å²) in [5.74, 6) is -1.23. The third-order valence-electron chi connectivity index (χ3n) is 19.9. The van der Waals surface area contributed by atoms with Gasteiger partial charge in [-0.05, 0) is 31.6 Å². The maximum absolute atomic E-state index is 13.1. The van der Waals surface area contributed by atoms with Crippen molar-refractivity contribution in [3.8, 4) is 0 Å². The van der Waals surface area contributed by atoms with Crippen molar-refractivity contribution in [2.45, 2.75) is 464 Å². The van der Waals surface area contributed by atoms with Crippen LogP contribution in [0.5, 0.6) is 0 Å². The number of phosphoric ester groups is 2. The van der Waals surface area contributed by atoms with E-state index >= 15 is 0 Å². The van der Waals surface area contributed by atoms with Gasteiger partial charge in [0.15, 0.2) is 12.2 Å². The Balaban J connectivity index is 5.19. The van der Waals surface area contributed by atoms with Crippen LogP contribution in [0.1, 0.15) is 446 Å². The van der Waals surface area contributed by atoms with E-state index in [2.05, 4.69) is 34.6 Å². The number of rotatable bonds is 83. The number of hydrogen-bond donors (Lipinski definition) is 3. The second-order valence-corrected chi connectivity index (χ2v) is 33.0. The van der Waals surface area contributed by atoms with Gasteiger partial charge >= 0.3 is 39.5 Å². The van der Waals surface area contributed by atoms with Crippen LogP contribution in [0.25, 0.3) is 0 Å². The minimum Gasteiger partial charge on any atom is -0.462 e. The summed E-state index contributed by atoms with van der Waals surface area (Å²) in [5.41, 5.74) is 0. The largest absolute Gasteiger partial charge is 0.472 e. The summed E-state index contributed by atoms with van der Waals surface area (Å²) in [6.45, 7) is 7.40. The number of aliphatic hydroxyl groups is 1. The molecule has 102 heavy (non-hydrogen) atoms. The Labute approximate surface area is 626 Å². The van der Waals surface area contributed by atoms with Crippen LogP contribution in [0.3, 0.4) is 0 Å². The number of unbranched alkanes of at least 4 members (excludes halogenated alkanes) is 54. The molecule has 606 valence electrons. The molecule has 3 N–H and O–H groups in total. The highest BCUT2D eigenvalue weighted by molar-refractivity contribution is 7.47. The Morgan fingerprint density at radius 3 is 0.696 bits per heavy atom. The first-order valence-electron chi connectivity index (χ1n) is 43.2. The van der Waals surface area contributed by atoms with E-state index in [1.54, 1.807) is 0 Å². The molecule has 0 aromatic carbocycles. The lowest BCUT2D eigenvalue weighted by molar-refractivity contribution is -0.161. The molecule has 0 saturated heterocycles. The summed E-state index contributed by atoms with van der Waals surface area (Å²) < 4.78 is 68.7. The van der Waals surface area contributed by atoms with Gasteiger partial charge in [0.2, 0.25) is 0 Å². The third kappa shape index (κ3) is 74.9. The first kappa shape index (κ1) is 100. The summed E-state index contributed by atoms with van der Waals surface area (Å²) in [6.07, 6.45) is 68.0. The van der Waals surface area contributed by atoms with Crippen LogP contribution in [-0.2, 0) is 65.4 Å². The van der Waals surface area contributed by atoms with Crippen molar-refractivity contribution in [3.05, 3.63) is 0 Å². The van der Waals surface area contributed by atoms with Gasteiger partial charge in [0, 0.05) is 25.7 Å². The summed E-state index contributed by atoms with van der Waals surface area (Å²) in [4.78, 5) is 73.0. The van der Waals surface area contributed by atoms with E-state index in [4.69, 9.17) is 37.0 Å². The highest BCUT2D eigenvalue weighted by Gasteiger charge is 2.30. The van der Waals surface area contributed by atoms with Crippen LogP contribution >= 0.6 is 15.6 Å². The fourth-order valence-electron chi connectivity index (χ4n) is 12.9. The van der Waals surface area contributed by atoms with Crippen molar-refractivity contribution in [3.63, 3.8) is 0 Å². The normalized spacial score (nSPS) is 14.1. The van der Waals surface area contributed by atoms with Gasteiger partial charge < -0.3 is 33.8 Å². The van der Waals surface area contributed by atoms with Crippen LogP contribution < -0.4 is 0 Å². The lowest BCUT2D eigenvalue weighted by Gasteiger charge is -2.21. The predicted molar refractivity (Wildman–Crippen MR) is 418 cm³/mol. The number of carbonyl (C=O) groups is 4. The molecule has 0 amide bonds. The van der Waals surface area contributed by atoms with Gasteiger partial charge in [-0.1, -0.05) is 394 Å². The molecule has 19 heteroatoms. The van der Waals surface area contributed by atoms with Gasteiger partial charge in [0.1, 0.15) is 19.3 Å². The summed E-state index contributed by atoms with van der Waals surface area (Å²) in [7, 11) is -9.92. The first-order valence-corrected chi connectivity index (χ1v) is 46.2. The molecule has 0 fully saturated rings. The third-order valence-corrected chi connectivity index (χ3v) is 21.8. The number of hydrogen-bond acceptors (Lipinski definition) is 15. The Kier molecular flexibility index (Phi) is 74.4. The molecule has 0 aliphatic carbocycles. The lowest BCUT2D eigenvalue weighted by Crippen LogP contribution is -2.30. The second kappa shape index (κ2) is 75.9. The second-order valence-electron chi connectivity index (χ2n) is 30.1. The summed E-state index contributed by atoms with van der Waals surface area (Å²) >= 11 is 0. The van der Waals surface area contributed by atoms with Crippen LogP contribution in [0.2, 0.25) is 0 Å². The zero-order chi connectivity index (χ0) is 74.8. The Hall–Kier alpha value is -1.94. The fourth-order valence-corrected chi connectivity index (χ4v) is 14.5. The molecule has 0 aliphatic rings. The van der Waals surface area contributed by atoms with Crippen LogP contribution in [0.4, 0.5) is 0 Å². The van der Waals surface area contributed by atoms with Crippen LogP contribution in [0, 0.1) is 5.92 Å². The number of carbonyl (C=O) groups excluding carboxylic acids is 4. The van der Waals surface area contributed by atoms with E-state index in [9.17, 15) is 43.2 Å². The fraction of sp³-hybridized carbons (Fsp3) is 0.952. The maximum atomic E-state index is 13.1. The Bertz CT molecular complexity index is 1950. The molecule has 0 saturated carbocycles. The van der Waals surface area contributed by atoms with Crippen LogP contribution in [0.15, 0.2) is 0 Å². The smallest absolute Gasteiger partial charge is 0.462 e. The lowest BCUT2D eigenvalue weighted by atomic mass is 9.99. The molecule has 0 spiro atoms. The van der Waals surface area contributed by atoms with Crippen molar-refractivity contribution in [1.82, 2.24) is 0 Å². The standard InChI is InChI=1S/C83H162O17P2/c1-6-10-13-16-19-22-24-26-27-28-32-35-39-42-47-52-57-62-67-81(86)94-73-79(100-83(88)69-64-59-54-49-44-40-36-33-30-29-31-34-38-41-46-50-55-60-65-76(5)9-4)75-98-102(91,92)96-71-77(84)70-95-101(89,90)97-74-78(72-93-80(85)66-61-56-51-45-21-18-15-12-8-3)99-82(87)68-63-58-53-48-43-37-25-23-20-17-14-11-7-2/h76-79,84H,6-75H2,1-5H3,(H,89,90)(H,91,92)/t76?,77-,78+,79+/m0/s1. The Morgan fingerprint density at radius 2 is 0.471 bits per heavy atom. The number of phosphoric acid groups is 2. The van der Waals surface area contributed by atoms with E-state index in [0.29, 0.717) is 25.7 Å². The van der Waals surface area contributed by atoms with Crippen molar-refractivity contribution in [2.75, 3.05) is 39.6 Å². The summed E-state index contributed by atoms with van der Waals surface area (Å²) in [6, 6.07) is 0. The quantitative estimate of drug-likeness (QED) is 0.0222. The van der Waals surface area contributed by atoms with E-state index in [1.807, 2.05) is 0 Å². The molecule has 17 nitrogen and oxygen atoms in total. The van der Waals surface area contributed by atoms with Gasteiger partial charge in [-0.25, -0.2) is 9.13 Å². The molecule has 0 bridgehead atoms. The first-order chi connectivity index (χ1) is 49.6. The zero-order valence-electron chi connectivity index (χ0n) is 66.8. The van der Waals surface area contributed by atoms with Crippen molar-refractivity contribution in [2.24, 2.45) is 5.92 Å². The highest BCUT2D eigenvalue weighted by atomic mass is 31.2.